The van der Waals surface area contributed by atoms with Crippen molar-refractivity contribution in [1.82, 2.24) is 0 Å². The first-order valence-corrected chi connectivity index (χ1v) is 6.58. The summed E-state index contributed by atoms with van der Waals surface area (Å²) in [4.78, 5) is 15.8. The van der Waals surface area contributed by atoms with Gasteiger partial charge in [0.2, 0.25) is 0 Å². The number of esters is 1. The number of rotatable bonds is 3. The van der Waals surface area contributed by atoms with Crippen LogP contribution in [0.2, 0.25) is 0 Å². The number of carbonyl (C=O) groups is 1. The third-order valence-corrected chi connectivity index (χ3v) is 3.85. The first-order valence-electron chi connectivity index (χ1n) is 5.59. The third-order valence-electron chi connectivity index (χ3n) is 2.77. The molecule has 2 rings (SSSR count). The summed E-state index contributed by atoms with van der Waals surface area (Å²) in [5.74, 6) is 1.15. The number of aliphatic imine (C=N–C) groups is 1. The highest BCUT2D eigenvalue weighted by Crippen LogP contribution is 2.31. The highest BCUT2D eigenvalue weighted by Gasteiger charge is 2.27. The molecule has 0 N–H and O–H groups in total. The lowest BCUT2D eigenvalue weighted by atomic mass is 10.1. The van der Waals surface area contributed by atoms with Crippen LogP contribution in [-0.4, -0.2) is 37.0 Å². The Balaban J connectivity index is 2.33. The molecule has 0 amide bonds. The Bertz CT molecular complexity index is 499. The summed E-state index contributed by atoms with van der Waals surface area (Å²) >= 11 is 1.55. The van der Waals surface area contributed by atoms with Crippen molar-refractivity contribution in [2.45, 2.75) is 13.0 Å². The second kappa shape index (κ2) is 5.44. The molecule has 0 spiro atoms. The summed E-state index contributed by atoms with van der Waals surface area (Å²) in [7, 11) is 3.03. The molecular weight excluding hydrogens is 250 g/mol. The van der Waals surface area contributed by atoms with E-state index in [1.165, 1.54) is 7.11 Å². The van der Waals surface area contributed by atoms with Gasteiger partial charge in [0.1, 0.15) is 10.8 Å². The van der Waals surface area contributed by atoms with E-state index in [4.69, 9.17) is 9.47 Å². The van der Waals surface area contributed by atoms with E-state index in [-0.39, 0.29) is 5.97 Å². The molecule has 96 valence electrons. The van der Waals surface area contributed by atoms with E-state index in [1.54, 1.807) is 18.9 Å². The average molecular weight is 265 g/mol. The molecule has 0 unspecified atom stereocenters. The van der Waals surface area contributed by atoms with Crippen molar-refractivity contribution in [2.75, 3.05) is 20.0 Å². The molecule has 0 saturated heterocycles. The van der Waals surface area contributed by atoms with Gasteiger partial charge in [0, 0.05) is 11.3 Å². The largest absolute Gasteiger partial charge is 0.496 e. The van der Waals surface area contributed by atoms with Crippen LogP contribution in [0.1, 0.15) is 11.1 Å². The molecule has 0 aliphatic carbocycles. The summed E-state index contributed by atoms with van der Waals surface area (Å²) in [5, 5.41) is 0.839. The van der Waals surface area contributed by atoms with Crippen LogP contribution in [0, 0.1) is 6.92 Å². The van der Waals surface area contributed by atoms with Crippen molar-refractivity contribution in [2.24, 2.45) is 4.99 Å². The fraction of sp³-hybridized carbons (Fsp3) is 0.385. The molecule has 1 aromatic carbocycles. The van der Waals surface area contributed by atoms with Crippen LogP contribution in [0.3, 0.4) is 0 Å². The highest BCUT2D eigenvalue weighted by atomic mass is 32.2. The maximum absolute atomic E-state index is 11.4. The van der Waals surface area contributed by atoms with E-state index in [1.807, 2.05) is 25.1 Å². The van der Waals surface area contributed by atoms with Crippen molar-refractivity contribution < 1.29 is 14.3 Å². The first-order chi connectivity index (χ1) is 8.67. The number of hydrogen-bond donors (Lipinski definition) is 0. The van der Waals surface area contributed by atoms with Gasteiger partial charge in [0.25, 0.3) is 0 Å². The Kier molecular flexibility index (Phi) is 3.91. The van der Waals surface area contributed by atoms with Crippen molar-refractivity contribution in [3.8, 4) is 5.75 Å². The molecular formula is C13H15NO3S. The Morgan fingerprint density at radius 1 is 1.44 bits per heavy atom. The van der Waals surface area contributed by atoms with Crippen LogP contribution < -0.4 is 4.74 Å². The predicted octanol–water partition coefficient (Wildman–Crippen LogP) is 2.04. The molecule has 0 fully saturated rings. The Hall–Kier alpha value is -1.49. The lowest BCUT2D eigenvalue weighted by Gasteiger charge is -2.10. The number of ether oxygens (including phenoxy) is 2. The number of para-hydroxylation sites is 1. The number of carbonyl (C=O) groups excluding carboxylic acids is 1. The Morgan fingerprint density at radius 2 is 2.22 bits per heavy atom. The maximum Gasteiger partial charge on any atom is 0.331 e. The molecule has 1 heterocycles. The van der Waals surface area contributed by atoms with Gasteiger partial charge in [0.15, 0.2) is 6.04 Å². The molecule has 1 aromatic rings. The number of methoxy groups -OCH3 is 2. The van der Waals surface area contributed by atoms with E-state index in [9.17, 15) is 4.79 Å². The zero-order chi connectivity index (χ0) is 13.1. The smallest absolute Gasteiger partial charge is 0.331 e. The van der Waals surface area contributed by atoms with E-state index < -0.39 is 6.04 Å². The van der Waals surface area contributed by atoms with Crippen LogP contribution >= 0.6 is 11.8 Å². The molecule has 0 radical (unpaired) electrons. The molecule has 4 nitrogen and oxygen atoms in total. The maximum atomic E-state index is 11.4. The molecule has 1 atom stereocenters. The summed E-state index contributed by atoms with van der Waals surface area (Å²) < 4.78 is 10.1. The van der Waals surface area contributed by atoms with Gasteiger partial charge in [-0.1, -0.05) is 12.1 Å². The Labute approximate surface area is 110 Å². The van der Waals surface area contributed by atoms with Crippen molar-refractivity contribution in [3.63, 3.8) is 0 Å². The summed E-state index contributed by atoms with van der Waals surface area (Å²) in [6.45, 7) is 1.99. The fourth-order valence-corrected chi connectivity index (χ4v) is 2.91. The number of benzene rings is 1. The fourth-order valence-electron chi connectivity index (χ4n) is 1.87. The number of aryl methyl sites for hydroxylation is 1. The van der Waals surface area contributed by atoms with Crippen LogP contribution in [0.5, 0.6) is 5.75 Å². The predicted molar refractivity (Wildman–Crippen MR) is 72.5 cm³/mol. The standard InChI is InChI=1S/C13H15NO3S/c1-8-5-4-6-9(11(8)16-2)12-14-10(7-18-12)13(15)17-3/h4-6,10H,7H2,1-3H3/t10-/m0/s1. The van der Waals surface area contributed by atoms with Gasteiger partial charge in [-0.3, -0.25) is 4.99 Å². The number of thioether (sulfide) groups is 1. The van der Waals surface area contributed by atoms with Crippen molar-refractivity contribution in [1.29, 1.82) is 0 Å². The summed E-state index contributed by atoms with van der Waals surface area (Å²) in [6.07, 6.45) is 0. The van der Waals surface area contributed by atoms with Crippen LogP contribution in [0.25, 0.3) is 0 Å². The van der Waals surface area contributed by atoms with Gasteiger partial charge >= 0.3 is 5.97 Å². The van der Waals surface area contributed by atoms with E-state index >= 15 is 0 Å². The average Bonchev–Trinajstić information content (AvgIpc) is 2.87. The normalized spacial score (nSPS) is 18.4. The lowest BCUT2D eigenvalue weighted by Crippen LogP contribution is -2.19. The number of hydrogen-bond acceptors (Lipinski definition) is 5. The van der Waals surface area contributed by atoms with E-state index in [0.29, 0.717) is 5.75 Å². The SMILES string of the molecule is COC(=O)[C@@H]1CSC(c2cccc(C)c2OC)=N1. The molecule has 0 aromatic heterocycles. The monoisotopic (exact) mass is 265 g/mol. The zero-order valence-corrected chi connectivity index (χ0v) is 11.4. The van der Waals surface area contributed by atoms with E-state index in [0.717, 1.165) is 21.9 Å². The highest BCUT2D eigenvalue weighted by molar-refractivity contribution is 8.14. The van der Waals surface area contributed by atoms with Gasteiger partial charge < -0.3 is 9.47 Å². The van der Waals surface area contributed by atoms with Gasteiger partial charge in [-0.25, -0.2) is 4.79 Å². The molecule has 0 saturated carbocycles. The Morgan fingerprint density at radius 3 is 2.89 bits per heavy atom. The minimum Gasteiger partial charge on any atom is -0.496 e. The zero-order valence-electron chi connectivity index (χ0n) is 10.6. The van der Waals surface area contributed by atoms with Crippen LogP contribution in [-0.2, 0) is 9.53 Å². The second-order valence-corrected chi connectivity index (χ2v) is 4.95. The van der Waals surface area contributed by atoms with Crippen LogP contribution in [0.4, 0.5) is 0 Å². The molecule has 0 bridgehead atoms. The van der Waals surface area contributed by atoms with Crippen molar-refractivity contribution in [3.05, 3.63) is 29.3 Å². The summed E-state index contributed by atoms with van der Waals surface area (Å²) in [5.41, 5.74) is 1.99. The minimum absolute atomic E-state index is 0.288. The second-order valence-electron chi connectivity index (χ2n) is 3.94. The van der Waals surface area contributed by atoms with Gasteiger partial charge in [-0.2, -0.15) is 0 Å². The van der Waals surface area contributed by atoms with Gasteiger partial charge in [-0.05, 0) is 18.6 Å². The van der Waals surface area contributed by atoms with Crippen LogP contribution in [0.15, 0.2) is 23.2 Å². The van der Waals surface area contributed by atoms with Crippen molar-refractivity contribution >= 4 is 22.8 Å². The number of nitrogens with zero attached hydrogens (tertiary/aromatic N) is 1. The lowest BCUT2D eigenvalue weighted by molar-refractivity contribution is -0.141. The topological polar surface area (TPSA) is 47.9 Å². The molecule has 1 aliphatic heterocycles. The van der Waals surface area contributed by atoms with E-state index in [2.05, 4.69) is 4.99 Å². The first kappa shape index (κ1) is 13.0. The summed E-state index contributed by atoms with van der Waals surface area (Å²) in [6, 6.07) is 5.50. The molecule has 18 heavy (non-hydrogen) atoms. The van der Waals surface area contributed by atoms with Gasteiger partial charge in [-0.15, -0.1) is 11.8 Å². The van der Waals surface area contributed by atoms with Gasteiger partial charge in [0.05, 0.1) is 14.2 Å². The quantitative estimate of drug-likeness (QED) is 0.785. The third kappa shape index (κ3) is 2.36. The molecule has 5 heteroatoms. The minimum atomic E-state index is -0.403. The molecule has 1 aliphatic rings.